The summed E-state index contributed by atoms with van der Waals surface area (Å²) in [6.45, 7) is 6.33. The molecule has 53 heavy (non-hydrogen) atoms. The Hall–Kier alpha value is -4.39. The third kappa shape index (κ3) is 8.24. The molecule has 8 rings (SSSR count). The maximum absolute atomic E-state index is 13.6. The Morgan fingerprint density at radius 2 is 1.58 bits per heavy atom. The maximum atomic E-state index is 13.6. The first kappa shape index (κ1) is 38.3. The molecule has 4 amide bonds. The number of carbonyl (C=O) groups is 3. The Morgan fingerprint density at radius 1 is 0.943 bits per heavy atom. The summed E-state index contributed by atoms with van der Waals surface area (Å²) in [6.07, 6.45) is 3.49. The van der Waals surface area contributed by atoms with Crippen LogP contribution in [0.3, 0.4) is 0 Å². The van der Waals surface area contributed by atoms with Gasteiger partial charge in [0, 0.05) is 50.0 Å². The van der Waals surface area contributed by atoms with Gasteiger partial charge in [-0.15, -0.1) is 0 Å². The fourth-order valence-corrected chi connectivity index (χ4v) is 8.55. The van der Waals surface area contributed by atoms with Gasteiger partial charge in [-0.2, -0.15) is 0 Å². The van der Waals surface area contributed by atoms with Gasteiger partial charge in [0.05, 0.1) is 44.8 Å². The highest BCUT2D eigenvalue weighted by atomic mass is 35.5. The number of rotatable bonds is 11. The number of nitrogens with zero attached hydrogens (tertiary/aromatic N) is 4. The molecule has 13 heteroatoms. The summed E-state index contributed by atoms with van der Waals surface area (Å²) in [4.78, 5) is 45.2. The fourth-order valence-electron chi connectivity index (χ4n) is 8.55. The van der Waals surface area contributed by atoms with Gasteiger partial charge >= 0.3 is 6.03 Å². The molecule has 284 valence electrons. The van der Waals surface area contributed by atoms with Gasteiger partial charge in [0.25, 0.3) is 5.91 Å². The number of β-lactam (4-membered cyclic amide) rings is 1. The van der Waals surface area contributed by atoms with E-state index in [1.54, 1.807) is 21.9 Å². The Balaban J connectivity index is 0.00000481. The molecule has 5 aliphatic rings. The number of aromatic hydroxyl groups is 1. The molecule has 3 N–H and O–H groups in total. The number of phenols is 1. The van der Waals surface area contributed by atoms with Crippen LogP contribution in [0.5, 0.6) is 11.5 Å². The van der Waals surface area contributed by atoms with Crippen molar-refractivity contribution in [1.82, 2.24) is 15.1 Å². The summed E-state index contributed by atoms with van der Waals surface area (Å²) >= 11 is 0. The summed E-state index contributed by atoms with van der Waals surface area (Å²) in [5, 5.41) is 24.7. The standard InChI is InChI=1S/C40H48FN5O6.ClH/c1-52-32-10-11-33(36(48)24-32)38-34(12-13-35(47)29-4-6-30(41)7-5-29)39(50)45(38)31-8-2-28(3-9-31)25-42-40(51)44-19-17-43(18-20-44)37(49)26-46-21-14-27(15-22-46)16-23-46;/h2-11,24,27,34-35,38,47H,12-23,25-26H2,1H3,(H-,42,48,51);1H/t27?,34-,35+,38-,46?;/m1./s1. The normalized spacial score (nSPS) is 24.2. The van der Waals surface area contributed by atoms with E-state index in [0.29, 0.717) is 68.3 Å². The lowest BCUT2D eigenvalue weighted by Crippen LogP contribution is -3.00. The molecule has 0 aliphatic carbocycles. The van der Waals surface area contributed by atoms with Crippen molar-refractivity contribution in [3.63, 3.8) is 0 Å². The topological polar surface area (TPSA) is 123 Å². The van der Waals surface area contributed by atoms with Gasteiger partial charge in [0.15, 0.2) is 6.54 Å². The Kier molecular flexibility index (Phi) is 11.8. The quantitative estimate of drug-likeness (QED) is 0.203. The minimum absolute atomic E-state index is 0. The average Bonchev–Trinajstić information content (AvgIpc) is 3.17. The fraction of sp³-hybridized carbons (Fsp3) is 0.475. The summed E-state index contributed by atoms with van der Waals surface area (Å²) in [5.41, 5.74) is 2.65. The third-order valence-electron chi connectivity index (χ3n) is 11.9. The van der Waals surface area contributed by atoms with E-state index < -0.39 is 18.1 Å². The van der Waals surface area contributed by atoms with Crippen LogP contribution < -0.4 is 27.4 Å². The van der Waals surface area contributed by atoms with Crippen molar-refractivity contribution in [2.75, 3.05) is 64.4 Å². The van der Waals surface area contributed by atoms with E-state index >= 15 is 0 Å². The second kappa shape index (κ2) is 16.3. The summed E-state index contributed by atoms with van der Waals surface area (Å²) < 4.78 is 19.6. The van der Waals surface area contributed by atoms with Crippen molar-refractivity contribution in [2.24, 2.45) is 11.8 Å². The highest BCUT2D eigenvalue weighted by Crippen LogP contribution is 2.49. The van der Waals surface area contributed by atoms with E-state index in [-0.39, 0.29) is 48.2 Å². The molecule has 5 heterocycles. The summed E-state index contributed by atoms with van der Waals surface area (Å²) in [5.74, 6) is 0.546. The zero-order valence-electron chi connectivity index (χ0n) is 30.1. The number of aliphatic hydroxyl groups excluding tert-OH is 1. The first-order chi connectivity index (χ1) is 25.1. The number of hydrogen-bond acceptors (Lipinski definition) is 6. The summed E-state index contributed by atoms with van der Waals surface area (Å²) in [6, 6.07) is 17.4. The number of halogens is 2. The predicted octanol–water partition coefficient (Wildman–Crippen LogP) is 1.75. The van der Waals surface area contributed by atoms with Crippen LogP contribution in [-0.2, 0) is 16.1 Å². The lowest BCUT2D eigenvalue weighted by Gasteiger charge is -2.49. The molecule has 5 fully saturated rings. The van der Waals surface area contributed by atoms with Gasteiger partial charge < -0.3 is 51.9 Å². The number of fused-ring (bicyclic) bond motifs is 3. The number of piperidine rings is 3. The van der Waals surface area contributed by atoms with Crippen LogP contribution in [0.1, 0.15) is 60.9 Å². The number of nitrogens with one attached hydrogen (secondary N) is 1. The number of benzene rings is 3. The van der Waals surface area contributed by atoms with Crippen molar-refractivity contribution >= 4 is 23.5 Å². The maximum Gasteiger partial charge on any atom is 0.317 e. The number of hydrogen-bond donors (Lipinski definition) is 3. The van der Waals surface area contributed by atoms with Crippen molar-refractivity contribution in [3.05, 3.63) is 89.2 Å². The lowest BCUT2D eigenvalue weighted by atomic mass is 9.78. The molecule has 5 saturated heterocycles. The van der Waals surface area contributed by atoms with Crippen LogP contribution in [0.4, 0.5) is 14.9 Å². The highest BCUT2D eigenvalue weighted by Gasteiger charge is 2.49. The largest absolute Gasteiger partial charge is 1.00 e. The number of amides is 4. The van der Waals surface area contributed by atoms with E-state index in [1.165, 1.54) is 56.7 Å². The highest BCUT2D eigenvalue weighted by molar-refractivity contribution is 6.03. The number of anilines is 1. The molecule has 11 nitrogen and oxygen atoms in total. The first-order valence-electron chi connectivity index (χ1n) is 18.5. The third-order valence-corrected chi connectivity index (χ3v) is 11.9. The molecule has 0 unspecified atom stereocenters. The molecule has 3 aromatic carbocycles. The van der Waals surface area contributed by atoms with E-state index in [1.807, 2.05) is 29.2 Å². The van der Waals surface area contributed by atoms with Crippen molar-refractivity contribution in [1.29, 1.82) is 0 Å². The van der Waals surface area contributed by atoms with E-state index in [4.69, 9.17) is 4.74 Å². The van der Waals surface area contributed by atoms with Gasteiger partial charge in [-0.25, -0.2) is 9.18 Å². The number of phenolic OH excluding ortho intramolecular Hbond substituents is 1. The molecule has 3 aromatic rings. The van der Waals surface area contributed by atoms with E-state index in [9.17, 15) is 29.0 Å². The second-order valence-corrected chi connectivity index (χ2v) is 14.9. The number of ether oxygens (including phenoxy) is 1. The van der Waals surface area contributed by atoms with Gasteiger partial charge in [0.2, 0.25) is 5.91 Å². The van der Waals surface area contributed by atoms with Gasteiger partial charge in [0.1, 0.15) is 17.3 Å². The number of urea groups is 1. The van der Waals surface area contributed by atoms with E-state index in [0.717, 1.165) is 35.6 Å². The van der Waals surface area contributed by atoms with Gasteiger partial charge in [-0.3, -0.25) is 9.59 Å². The van der Waals surface area contributed by atoms with Gasteiger partial charge in [-0.1, -0.05) is 24.3 Å². The van der Waals surface area contributed by atoms with Crippen LogP contribution >= 0.6 is 0 Å². The minimum atomic E-state index is -0.867. The zero-order chi connectivity index (χ0) is 36.4. The van der Waals surface area contributed by atoms with Crippen molar-refractivity contribution in [2.45, 2.75) is 50.8 Å². The van der Waals surface area contributed by atoms with E-state index in [2.05, 4.69) is 5.32 Å². The minimum Gasteiger partial charge on any atom is -1.00 e. The molecule has 2 bridgehead atoms. The predicted molar refractivity (Wildman–Crippen MR) is 193 cm³/mol. The number of quaternary nitrogens is 1. The second-order valence-electron chi connectivity index (χ2n) is 14.9. The molecule has 5 aliphatic heterocycles. The Bertz CT molecular complexity index is 1750. The molecular formula is C40H49ClFN5O6. The van der Waals surface area contributed by atoms with Crippen LogP contribution in [0.25, 0.3) is 0 Å². The van der Waals surface area contributed by atoms with Gasteiger partial charge in [-0.05, 0) is 85.5 Å². The number of aliphatic hydroxyl groups is 1. The van der Waals surface area contributed by atoms with Crippen LogP contribution in [0, 0.1) is 17.7 Å². The molecule has 0 radical (unpaired) electrons. The molecule has 0 saturated carbocycles. The van der Waals surface area contributed by atoms with Crippen LogP contribution in [0.15, 0.2) is 66.7 Å². The smallest absolute Gasteiger partial charge is 0.317 e. The Labute approximate surface area is 316 Å². The number of piperazine rings is 1. The lowest BCUT2D eigenvalue weighted by molar-refractivity contribution is -0.935. The molecular weight excluding hydrogens is 701 g/mol. The monoisotopic (exact) mass is 749 g/mol. The number of carbonyl (C=O) groups excluding carboxylic acids is 3. The number of methoxy groups -OCH3 is 1. The van der Waals surface area contributed by atoms with Crippen molar-refractivity contribution < 1.29 is 50.6 Å². The summed E-state index contributed by atoms with van der Waals surface area (Å²) in [7, 11) is 1.51. The average molecular weight is 750 g/mol. The zero-order valence-corrected chi connectivity index (χ0v) is 30.9. The first-order valence-corrected chi connectivity index (χ1v) is 18.5. The Morgan fingerprint density at radius 3 is 2.21 bits per heavy atom. The molecule has 3 atom stereocenters. The van der Waals surface area contributed by atoms with Crippen molar-refractivity contribution in [3.8, 4) is 11.5 Å². The van der Waals surface area contributed by atoms with Crippen LogP contribution in [-0.4, -0.2) is 102 Å². The molecule has 0 spiro atoms. The SMILES string of the molecule is COc1ccc([C@@H]2[C@@H](CC[C@H](O)c3ccc(F)cc3)C(=O)N2c2ccc(CNC(=O)N3CCN(C(=O)C[N+]45CCC(CC4)CC5)CC3)cc2)c(O)c1.[Cl-]. The van der Waals surface area contributed by atoms with Crippen LogP contribution in [0.2, 0.25) is 0 Å². The molecule has 0 aromatic heterocycles.